The largest absolute Gasteiger partial charge is 0.449 e. The van der Waals surface area contributed by atoms with E-state index in [1.165, 1.54) is 31.2 Å². The zero-order valence-corrected chi connectivity index (χ0v) is 13.5. The van der Waals surface area contributed by atoms with Crippen LogP contribution in [0.15, 0.2) is 30.5 Å². The molecule has 2 aromatic rings. The zero-order valence-electron chi connectivity index (χ0n) is 12.7. The molecule has 25 heavy (non-hydrogen) atoms. The van der Waals surface area contributed by atoms with Gasteiger partial charge in [0.2, 0.25) is 0 Å². The van der Waals surface area contributed by atoms with E-state index >= 15 is 0 Å². The van der Waals surface area contributed by atoms with Gasteiger partial charge in [-0.15, -0.1) is 0 Å². The molecule has 0 radical (unpaired) electrons. The average molecular weight is 377 g/mol. The van der Waals surface area contributed by atoms with Crippen molar-refractivity contribution in [3.05, 3.63) is 46.7 Å². The highest BCUT2D eigenvalue weighted by molar-refractivity contribution is 6.30. The van der Waals surface area contributed by atoms with Crippen LogP contribution in [0.3, 0.4) is 0 Å². The molecule has 1 heterocycles. The predicted octanol–water partition coefficient (Wildman–Crippen LogP) is 2.94. The summed E-state index contributed by atoms with van der Waals surface area (Å²) in [5.74, 6) is -1.20. The van der Waals surface area contributed by atoms with Gasteiger partial charge < -0.3 is 4.74 Å². The van der Waals surface area contributed by atoms with Crippen molar-refractivity contribution in [2.24, 2.45) is 0 Å². The molecule has 2 amide bonds. The molecule has 2 rings (SSSR count). The Morgan fingerprint density at radius 3 is 2.64 bits per heavy atom. The lowest BCUT2D eigenvalue weighted by atomic mass is 10.2. The lowest BCUT2D eigenvalue weighted by molar-refractivity contribution is -0.143. The second-order valence-corrected chi connectivity index (χ2v) is 5.03. The third kappa shape index (κ3) is 4.41. The monoisotopic (exact) mass is 376 g/mol. The summed E-state index contributed by atoms with van der Waals surface area (Å²) in [6, 6.07) is 5.55. The van der Waals surface area contributed by atoms with Gasteiger partial charge in [-0.1, -0.05) is 17.7 Å². The minimum Gasteiger partial charge on any atom is -0.449 e. The molecule has 7 nitrogen and oxygen atoms in total. The summed E-state index contributed by atoms with van der Waals surface area (Å²) in [6.45, 7) is 1.56. The summed E-state index contributed by atoms with van der Waals surface area (Å²) in [7, 11) is 0. The van der Waals surface area contributed by atoms with Gasteiger partial charge in [0, 0.05) is 5.02 Å². The standard InChI is InChI=1S/C14H12ClF3N4O3/c1-2-25-13(24)21-20-12(23)10-7-19-22(11(10)14(16,17)18)9-5-3-4-8(15)6-9/h3-7H,2H2,1H3,(H,20,23)(H,21,24). The van der Waals surface area contributed by atoms with Crippen LogP contribution in [-0.2, 0) is 10.9 Å². The first kappa shape index (κ1) is 18.6. The summed E-state index contributed by atoms with van der Waals surface area (Å²) in [4.78, 5) is 23.1. The van der Waals surface area contributed by atoms with E-state index in [9.17, 15) is 22.8 Å². The van der Waals surface area contributed by atoms with E-state index in [4.69, 9.17) is 11.6 Å². The summed E-state index contributed by atoms with van der Waals surface area (Å²) in [5, 5.41) is 3.82. The highest BCUT2D eigenvalue weighted by atomic mass is 35.5. The van der Waals surface area contributed by atoms with Crippen LogP contribution in [0.5, 0.6) is 0 Å². The Morgan fingerprint density at radius 2 is 2.04 bits per heavy atom. The number of rotatable bonds is 3. The van der Waals surface area contributed by atoms with E-state index in [1.54, 1.807) is 0 Å². The number of nitrogens with zero attached hydrogens (tertiary/aromatic N) is 2. The molecule has 0 aliphatic heterocycles. The van der Waals surface area contributed by atoms with Crippen LogP contribution < -0.4 is 10.9 Å². The van der Waals surface area contributed by atoms with Crippen molar-refractivity contribution < 1.29 is 27.5 Å². The number of carbonyl (C=O) groups is 2. The molecule has 1 aromatic heterocycles. The minimum absolute atomic E-state index is 0.0252. The first-order valence-corrected chi connectivity index (χ1v) is 7.26. The first-order chi connectivity index (χ1) is 11.7. The molecule has 0 saturated heterocycles. The number of carbonyl (C=O) groups excluding carboxylic acids is 2. The van der Waals surface area contributed by atoms with Gasteiger partial charge in [0.15, 0.2) is 5.69 Å². The fraction of sp³-hybridized carbons (Fsp3) is 0.214. The number of alkyl halides is 3. The Morgan fingerprint density at radius 1 is 1.32 bits per heavy atom. The van der Waals surface area contributed by atoms with Gasteiger partial charge in [-0.2, -0.15) is 18.3 Å². The van der Waals surface area contributed by atoms with Gasteiger partial charge >= 0.3 is 12.3 Å². The van der Waals surface area contributed by atoms with E-state index < -0.39 is 29.4 Å². The molecule has 2 N–H and O–H groups in total. The normalized spacial score (nSPS) is 11.1. The maximum atomic E-state index is 13.4. The molecule has 0 atom stereocenters. The molecule has 0 bridgehead atoms. The molecule has 0 aliphatic carbocycles. The van der Waals surface area contributed by atoms with Crippen molar-refractivity contribution in [3.63, 3.8) is 0 Å². The Kier molecular flexibility index (Phi) is 5.52. The highest BCUT2D eigenvalue weighted by Gasteiger charge is 2.40. The summed E-state index contributed by atoms with van der Waals surface area (Å²) in [5.41, 5.74) is 1.61. The topological polar surface area (TPSA) is 85.2 Å². The zero-order chi connectivity index (χ0) is 18.6. The van der Waals surface area contributed by atoms with E-state index in [-0.39, 0.29) is 17.3 Å². The second kappa shape index (κ2) is 7.43. The van der Waals surface area contributed by atoms with Gasteiger partial charge in [0.05, 0.1) is 24.1 Å². The summed E-state index contributed by atoms with van der Waals surface area (Å²) < 4.78 is 45.3. The number of hydrogen-bond donors (Lipinski definition) is 2. The Hall–Kier alpha value is -2.75. The van der Waals surface area contributed by atoms with Gasteiger partial charge in [-0.25, -0.2) is 14.9 Å². The number of benzene rings is 1. The van der Waals surface area contributed by atoms with Crippen molar-refractivity contribution in [2.75, 3.05) is 6.61 Å². The fourth-order valence-corrected chi connectivity index (χ4v) is 2.12. The van der Waals surface area contributed by atoms with E-state index in [2.05, 4.69) is 9.84 Å². The Balaban J connectivity index is 2.36. The quantitative estimate of drug-likeness (QED) is 0.806. The van der Waals surface area contributed by atoms with Crippen LogP contribution in [0, 0.1) is 0 Å². The minimum atomic E-state index is -4.88. The van der Waals surface area contributed by atoms with Crippen LogP contribution in [0.4, 0.5) is 18.0 Å². The van der Waals surface area contributed by atoms with Gasteiger partial charge in [0.1, 0.15) is 0 Å². The molecule has 0 unspecified atom stereocenters. The number of hydrazine groups is 1. The van der Waals surface area contributed by atoms with Crippen LogP contribution in [0.2, 0.25) is 5.02 Å². The van der Waals surface area contributed by atoms with E-state index in [0.717, 1.165) is 6.20 Å². The number of ether oxygens (including phenoxy) is 1. The van der Waals surface area contributed by atoms with Gasteiger partial charge in [-0.3, -0.25) is 10.2 Å². The fourth-order valence-electron chi connectivity index (χ4n) is 1.93. The highest BCUT2D eigenvalue weighted by Crippen LogP contribution is 2.33. The van der Waals surface area contributed by atoms with Crippen molar-refractivity contribution in [2.45, 2.75) is 13.1 Å². The van der Waals surface area contributed by atoms with Crippen molar-refractivity contribution in [1.29, 1.82) is 0 Å². The second-order valence-electron chi connectivity index (χ2n) is 4.60. The van der Waals surface area contributed by atoms with Crippen LogP contribution in [-0.4, -0.2) is 28.4 Å². The third-order valence-corrected chi connectivity index (χ3v) is 3.12. The molecule has 134 valence electrons. The van der Waals surface area contributed by atoms with E-state index in [1.807, 2.05) is 10.9 Å². The SMILES string of the molecule is CCOC(=O)NNC(=O)c1cnn(-c2cccc(Cl)c2)c1C(F)(F)F. The maximum absolute atomic E-state index is 13.4. The smallest absolute Gasteiger partial charge is 0.434 e. The number of aromatic nitrogens is 2. The van der Waals surface area contributed by atoms with Crippen molar-refractivity contribution in [3.8, 4) is 5.69 Å². The van der Waals surface area contributed by atoms with Crippen LogP contribution in [0.25, 0.3) is 5.69 Å². The maximum Gasteiger partial charge on any atom is 0.434 e. The van der Waals surface area contributed by atoms with Gasteiger partial charge in [-0.05, 0) is 25.1 Å². The molecule has 1 aromatic carbocycles. The molecule has 11 heteroatoms. The lowest BCUT2D eigenvalue weighted by Crippen LogP contribution is -2.42. The van der Waals surface area contributed by atoms with Crippen LogP contribution in [0.1, 0.15) is 23.0 Å². The number of amides is 2. The molecule has 0 saturated carbocycles. The average Bonchev–Trinajstić information content (AvgIpc) is 2.98. The molecular formula is C14H12ClF3N4O3. The molecule has 0 spiro atoms. The molecule has 0 aliphatic rings. The Labute approximate surface area is 144 Å². The lowest BCUT2D eigenvalue weighted by Gasteiger charge is -2.13. The third-order valence-electron chi connectivity index (χ3n) is 2.89. The van der Waals surface area contributed by atoms with Crippen LogP contribution >= 0.6 is 11.6 Å². The summed E-state index contributed by atoms with van der Waals surface area (Å²) in [6.07, 6.45) is -5.15. The predicted molar refractivity (Wildman–Crippen MR) is 81.2 cm³/mol. The van der Waals surface area contributed by atoms with Crippen molar-refractivity contribution in [1.82, 2.24) is 20.6 Å². The Bertz CT molecular complexity index is 792. The number of hydrogen-bond acceptors (Lipinski definition) is 4. The number of halogens is 4. The number of nitrogens with one attached hydrogen (secondary N) is 2. The molecular weight excluding hydrogens is 365 g/mol. The van der Waals surface area contributed by atoms with E-state index in [0.29, 0.717) is 4.68 Å². The molecule has 0 fully saturated rings. The van der Waals surface area contributed by atoms with Gasteiger partial charge in [0.25, 0.3) is 5.91 Å². The summed E-state index contributed by atoms with van der Waals surface area (Å²) >= 11 is 5.78. The van der Waals surface area contributed by atoms with Crippen molar-refractivity contribution >= 4 is 23.6 Å². The first-order valence-electron chi connectivity index (χ1n) is 6.88.